The Morgan fingerprint density at radius 3 is 2.52 bits per heavy atom. The first-order valence-electron chi connectivity index (χ1n) is 10.8. The summed E-state index contributed by atoms with van der Waals surface area (Å²) in [5.41, 5.74) is 2.26. The van der Waals surface area contributed by atoms with E-state index in [1.54, 1.807) is 16.4 Å². The van der Waals surface area contributed by atoms with E-state index < -0.39 is 10.0 Å². The fraction of sp³-hybridized carbons (Fsp3) is 0.458. The normalized spacial score (nSPS) is 18.7. The fourth-order valence-corrected chi connectivity index (χ4v) is 5.86. The molecule has 168 valence electrons. The van der Waals surface area contributed by atoms with Crippen LogP contribution >= 0.6 is 0 Å². The van der Waals surface area contributed by atoms with Crippen LogP contribution in [0.1, 0.15) is 53.7 Å². The minimum absolute atomic E-state index is 0.0200. The second-order valence-corrected chi connectivity index (χ2v) is 10.4. The first-order chi connectivity index (χ1) is 14.7. The highest BCUT2D eigenvalue weighted by Crippen LogP contribution is 2.26. The van der Waals surface area contributed by atoms with Gasteiger partial charge in [-0.3, -0.25) is 4.79 Å². The predicted molar refractivity (Wildman–Crippen MR) is 124 cm³/mol. The molecular weight excluding hydrogens is 410 g/mol. The SMILES string of the molecule is Cc1ccc(S(=O)(=O)N2CCCC[C@H]2C)cc1C(=O)NC[C@H](c1ccccc1)N(C)C. The molecule has 3 rings (SSSR count). The van der Waals surface area contributed by atoms with Crippen LogP contribution in [-0.4, -0.2) is 56.8 Å². The lowest BCUT2D eigenvalue weighted by atomic mass is 10.1. The number of nitrogens with one attached hydrogen (secondary N) is 1. The lowest BCUT2D eigenvalue weighted by Gasteiger charge is -2.32. The second-order valence-electron chi connectivity index (χ2n) is 8.54. The van der Waals surface area contributed by atoms with Crippen molar-refractivity contribution in [2.75, 3.05) is 27.2 Å². The molecule has 0 bridgehead atoms. The van der Waals surface area contributed by atoms with E-state index in [0.29, 0.717) is 18.7 Å². The zero-order valence-corrected chi connectivity index (χ0v) is 19.7. The third-order valence-electron chi connectivity index (χ3n) is 6.07. The quantitative estimate of drug-likeness (QED) is 0.710. The molecule has 1 saturated heterocycles. The number of benzene rings is 2. The molecule has 2 aromatic rings. The second kappa shape index (κ2) is 9.94. The van der Waals surface area contributed by atoms with Crippen molar-refractivity contribution >= 4 is 15.9 Å². The zero-order valence-electron chi connectivity index (χ0n) is 18.8. The maximum absolute atomic E-state index is 13.2. The summed E-state index contributed by atoms with van der Waals surface area (Å²) in [6, 6.07) is 14.8. The zero-order chi connectivity index (χ0) is 22.6. The van der Waals surface area contributed by atoms with Crippen molar-refractivity contribution in [1.82, 2.24) is 14.5 Å². The van der Waals surface area contributed by atoms with Crippen molar-refractivity contribution in [1.29, 1.82) is 0 Å². The van der Waals surface area contributed by atoms with E-state index >= 15 is 0 Å². The standard InChI is InChI=1S/C24H33N3O3S/c1-18-13-14-21(31(29,30)27-15-9-8-10-19(27)2)16-22(18)24(28)25-17-23(26(3)4)20-11-6-5-7-12-20/h5-7,11-14,16,19,23H,8-10,15,17H2,1-4H3,(H,25,28)/t19-,23-/m1/s1. The van der Waals surface area contributed by atoms with Gasteiger partial charge in [0.1, 0.15) is 0 Å². The van der Waals surface area contributed by atoms with Crippen LogP contribution in [0, 0.1) is 6.92 Å². The van der Waals surface area contributed by atoms with E-state index in [1.165, 1.54) is 6.07 Å². The third-order valence-corrected chi connectivity index (χ3v) is 8.08. The molecule has 1 heterocycles. The van der Waals surface area contributed by atoms with Gasteiger partial charge >= 0.3 is 0 Å². The molecule has 0 aromatic heterocycles. The maximum atomic E-state index is 13.2. The van der Waals surface area contributed by atoms with Gasteiger partial charge in [0.05, 0.1) is 10.9 Å². The molecule has 1 aliphatic rings. The first kappa shape index (κ1) is 23.4. The summed E-state index contributed by atoms with van der Waals surface area (Å²) in [6.07, 6.45) is 2.78. The molecule has 0 unspecified atom stereocenters. The number of amides is 1. The summed E-state index contributed by atoms with van der Waals surface area (Å²) >= 11 is 0. The molecule has 1 fully saturated rings. The molecule has 0 saturated carbocycles. The summed E-state index contributed by atoms with van der Waals surface area (Å²) in [7, 11) is 0.322. The van der Waals surface area contributed by atoms with Gasteiger partial charge in [0.15, 0.2) is 0 Å². The number of nitrogens with zero attached hydrogens (tertiary/aromatic N) is 2. The van der Waals surface area contributed by atoms with Crippen molar-refractivity contribution < 1.29 is 13.2 Å². The van der Waals surface area contributed by atoms with E-state index in [9.17, 15) is 13.2 Å². The molecule has 0 aliphatic carbocycles. The largest absolute Gasteiger partial charge is 0.350 e. The summed E-state index contributed by atoms with van der Waals surface area (Å²) in [4.78, 5) is 15.2. The summed E-state index contributed by atoms with van der Waals surface area (Å²) < 4.78 is 28.0. The van der Waals surface area contributed by atoms with Gasteiger partial charge in [-0.2, -0.15) is 4.31 Å². The Balaban J connectivity index is 1.80. The van der Waals surface area contributed by atoms with Gasteiger partial charge in [-0.05, 0) is 64.0 Å². The van der Waals surface area contributed by atoms with E-state index in [0.717, 1.165) is 30.4 Å². The summed E-state index contributed by atoms with van der Waals surface area (Å²) in [6.45, 7) is 4.73. The van der Waals surface area contributed by atoms with Crippen LogP contribution in [-0.2, 0) is 10.0 Å². The minimum Gasteiger partial charge on any atom is -0.350 e. The third kappa shape index (κ3) is 5.34. The molecular formula is C24H33N3O3S. The van der Waals surface area contributed by atoms with Crippen LogP contribution in [0.15, 0.2) is 53.4 Å². The van der Waals surface area contributed by atoms with Crippen molar-refractivity contribution in [2.45, 2.75) is 50.1 Å². The molecule has 1 N–H and O–H groups in total. The topological polar surface area (TPSA) is 69.7 Å². The first-order valence-corrected chi connectivity index (χ1v) is 12.3. The number of hydrogen-bond acceptors (Lipinski definition) is 4. The highest BCUT2D eigenvalue weighted by Gasteiger charge is 2.31. The van der Waals surface area contributed by atoms with Crippen molar-refractivity contribution in [3.63, 3.8) is 0 Å². The Hall–Kier alpha value is -2.22. The van der Waals surface area contributed by atoms with Gasteiger partial charge in [-0.15, -0.1) is 0 Å². The molecule has 31 heavy (non-hydrogen) atoms. The molecule has 1 aliphatic heterocycles. The number of carbonyl (C=O) groups is 1. The molecule has 6 nitrogen and oxygen atoms in total. The lowest BCUT2D eigenvalue weighted by Crippen LogP contribution is -2.42. The number of sulfonamides is 1. The Morgan fingerprint density at radius 2 is 1.87 bits per heavy atom. The number of likely N-dealkylation sites (N-methyl/N-ethyl adjacent to an activating group) is 1. The predicted octanol–water partition coefficient (Wildman–Crippen LogP) is 3.59. The number of rotatable bonds is 7. The van der Waals surface area contributed by atoms with E-state index in [4.69, 9.17) is 0 Å². The van der Waals surface area contributed by atoms with Crippen LogP contribution in [0.5, 0.6) is 0 Å². The fourth-order valence-electron chi connectivity index (χ4n) is 4.13. The maximum Gasteiger partial charge on any atom is 0.251 e. The van der Waals surface area contributed by atoms with Crippen LogP contribution in [0.4, 0.5) is 0 Å². The average Bonchev–Trinajstić information content (AvgIpc) is 2.74. The minimum atomic E-state index is -3.63. The molecule has 0 spiro atoms. The van der Waals surface area contributed by atoms with Gasteiger partial charge in [0, 0.05) is 24.7 Å². The molecule has 2 aromatic carbocycles. The van der Waals surface area contributed by atoms with Crippen LogP contribution < -0.4 is 5.32 Å². The van der Waals surface area contributed by atoms with E-state index in [2.05, 4.69) is 10.2 Å². The Morgan fingerprint density at radius 1 is 1.16 bits per heavy atom. The number of hydrogen-bond donors (Lipinski definition) is 1. The van der Waals surface area contributed by atoms with E-state index in [1.807, 2.05) is 58.3 Å². The highest BCUT2D eigenvalue weighted by molar-refractivity contribution is 7.89. The number of piperidine rings is 1. The molecule has 0 radical (unpaired) electrons. The Bertz CT molecular complexity index is 1010. The number of carbonyl (C=O) groups excluding carboxylic acids is 1. The van der Waals surface area contributed by atoms with E-state index in [-0.39, 0.29) is 22.9 Å². The summed E-state index contributed by atoms with van der Waals surface area (Å²) in [5.74, 6) is -0.260. The Kier molecular flexibility index (Phi) is 7.51. The lowest BCUT2D eigenvalue weighted by molar-refractivity contribution is 0.0941. The monoisotopic (exact) mass is 443 g/mol. The highest BCUT2D eigenvalue weighted by atomic mass is 32.2. The number of aryl methyl sites for hydroxylation is 1. The van der Waals surface area contributed by atoms with Crippen LogP contribution in [0.25, 0.3) is 0 Å². The Labute approximate surface area is 186 Å². The smallest absolute Gasteiger partial charge is 0.251 e. The van der Waals surface area contributed by atoms with Crippen LogP contribution in [0.3, 0.4) is 0 Å². The van der Waals surface area contributed by atoms with Crippen molar-refractivity contribution in [3.8, 4) is 0 Å². The van der Waals surface area contributed by atoms with Gasteiger partial charge < -0.3 is 10.2 Å². The van der Waals surface area contributed by atoms with Gasteiger partial charge in [0.25, 0.3) is 5.91 Å². The molecule has 2 atom stereocenters. The molecule has 7 heteroatoms. The summed E-state index contributed by atoms with van der Waals surface area (Å²) in [5, 5.41) is 3.00. The van der Waals surface area contributed by atoms with Crippen molar-refractivity contribution in [3.05, 3.63) is 65.2 Å². The van der Waals surface area contributed by atoms with Gasteiger partial charge in [-0.1, -0.05) is 42.8 Å². The van der Waals surface area contributed by atoms with Gasteiger partial charge in [-0.25, -0.2) is 8.42 Å². The van der Waals surface area contributed by atoms with Crippen LogP contribution in [0.2, 0.25) is 0 Å². The van der Waals surface area contributed by atoms with Gasteiger partial charge in [0.2, 0.25) is 10.0 Å². The van der Waals surface area contributed by atoms with Crippen molar-refractivity contribution in [2.24, 2.45) is 0 Å². The average molecular weight is 444 g/mol. The molecule has 1 amide bonds.